The Morgan fingerprint density at radius 3 is 1.40 bits per heavy atom. The fraction of sp³-hybridized carbons (Fsp3) is 0.0811. The Morgan fingerprint density at radius 2 is 0.950 bits per heavy atom. The molecule has 0 amide bonds. The van der Waals surface area contributed by atoms with Gasteiger partial charge in [-0.15, -0.1) is 23.3 Å². The summed E-state index contributed by atoms with van der Waals surface area (Å²) >= 11 is 0. The maximum absolute atomic E-state index is 4.70. The van der Waals surface area contributed by atoms with E-state index in [0.717, 1.165) is 22.5 Å². The summed E-state index contributed by atoms with van der Waals surface area (Å²) in [6, 6.07) is 44.7. The SMILES string of the molecule is Cc1cc[c-]c(-c2[c-]ccc(C)c2)c1.[Pt+2].c1ccc2c(c1)-c1ccccc1C21c2cccnc2-c2ncccc21. The van der Waals surface area contributed by atoms with E-state index in [0.29, 0.717) is 0 Å². The summed E-state index contributed by atoms with van der Waals surface area (Å²) in [6.45, 7) is 4.18. The van der Waals surface area contributed by atoms with Gasteiger partial charge in [-0.1, -0.05) is 74.5 Å². The number of fused-ring (bicyclic) bond motifs is 10. The summed E-state index contributed by atoms with van der Waals surface area (Å²) in [6.07, 6.45) is 3.73. The molecule has 8 rings (SSSR count). The average molecular weight is 694 g/mol. The van der Waals surface area contributed by atoms with Gasteiger partial charge in [0.05, 0.1) is 16.8 Å². The molecule has 4 aromatic carbocycles. The number of hydrogen-bond acceptors (Lipinski definition) is 2. The van der Waals surface area contributed by atoms with Crippen LogP contribution in [0.25, 0.3) is 33.6 Å². The van der Waals surface area contributed by atoms with Crippen LogP contribution in [0.2, 0.25) is 0 Å². The normalized spacial score (nSPS) is 12.8. The van der Waals surface area contributed by atoms with Crippen LogP contribution in [0.15, 0.2) is 122 Å². The number of nitrogens with zero attached hydrogens (tertiary/aromatic N) is 2. The molecule has 0 saturated carbocycles. The molecular formula is C37H26N2Pt. The molecule has 2 aliphatic carbocycles. The third-order valence-electron chi connectivity index (χ3n) is 7.80. The fourth-order valence-electron chi connectivity index (χ4n) is 6.23. The van der Waals surface area contributed by atoms with Crippen LogP contribution in [-0.4, -0.2) is 9.97 Å². The average Bonchev–Trinajstić information content (AvgIpc) is 3.45. The van der Waals surface area contributed by atoms with Crippen molar-refractivity contribution in [2.24, 2.45) is 0 Å². The van der Waals surface area contributed by atoms with Crippen LogP contribution in [0.1, 0.15) is 33.4 Å². The van der Waals surface area contributed by atoms with Gasteiger partial charge in [-0.05, 0) is 45.5 Å². The van der Waals surface area contributed by atoms with E-state index in [9.17, 15) is 0 Å². The van der Waals surface area contributed by atoms with Gasteiger partial charge in [0.25, 0.3) is 0 Å². The van der Waals surface area contributed by atoms with Gasteiger partial charge in [0.2, 0.25) is 0 Å². The zero-order chi connectivity index (χ0) is 26.4. The first-order valence-electron chi connectivity index (χ1n) is 13.3. The summed E-state index contributed by atoms with van der Waals surface area (Å²) in [5.74, 6) is 0. The van der Waals surface area contributed by atoms with Crippen molar-refractivity contribution in [3.63, 3.8) is 0 Å². The molecular weight excluding hydrogens is 667 g/mol. The maximum Gasteiger partial charge on any atom is 2.00 e. The first-order valence-corrected chi connectivity index (χ1v) is 13.3. The molecule has 2 aliphatic rings. The second kappa shape index (κ2) is 10.4. The van der Waals surface area contributed by atoms with E-state index in [1.54, 1.807) is 0 Å². The van der Waals surface area contributed by atoms with Crippen LogP contribution in [0.3, 0.4) is 0 Å². The molecule has 194 valence electrons. The summed E-state index contributed by atoms with van der Waals surface area (Å²) in [4.78, 5) is 9.41. The van der Waals surface area contributed by atoms with Gasteiger partial charge in [0.1, 0.15) is 0 Å². The number of pyridine rings is 2. The minimum absolute atomic E-state index is 0. The summed E-state index contributed by atoms with van der Waals surface area (Å²) in [5, 5.41) is 0. The van der Waals surface area contributed by atoms with E-state index in [2.05, 4.69) is 111 Å². The smallest absolute Gasteiger partial charge is 0.254 e. The van der Waals surface area contributed by atoms with Crippen molar-refractivity contribution in [2.45, 2.75) is 19.3 Å². The van der Waals surface area contributed by atoms with Crippen LogP contribution < -0.4 is 0 Å². The topological polar surface area (TPSA) is 25.8 Å². The Balaban J connectivity index is 0.000000166. The van der Waals surface area contributed by atoms with Gasteiger partial charge in [-0.3, -0.25) is 9.97 Å². The molecule has 0 atom stereocenters. The Morgan fingerprint density at radius 1 is 0.525 bits per heavy atom. The minimum Gasteiger partial charge on any atom is -0.254 e. The van der Waals surface area contributed by atoms with Crippen molar-refractivity contribution in [1.82, 2.24) is 9.97 Å². The molecule has 0 radical (unpaired) electrons. The van der Waals surface area contributed by atoms with Crippen molar-refractivity contribution >= 4 is 0 Å². The molecule has 0 saturated heterocycles. The number of benzene rings is 4. The zero-order valence-corrected chi connectivity index (χ0v) is 24.5. The van der Waals surface area contributed by atoms with E-state index in [4.69, 9.17) is 9.97 Å². The van der Waals surface area contributed by atoms with E-state index >= 15 is 0 Å². The molecule has 0 unspecified atom stereocenters. The van der Waals surface area contributed by atoms with E-state index in [1.807, 2.05) is 36.7 Å². The number of hydrogen-bond donors (Lipinski definition) is 0. The molecule has 2 heterocycles. The van der Waals surface area contributed by atoms with Gasteiger partial charge in [-0.2, -0.15) is 36.4 Å². The summed E-state index contributed by atoms with van der Waals surface area (Å²) in [5.41, 5.74) is 14.2. The molecule has 2 nitrogen and oxygen atoms in total. The van der Waals surface area contributed by atoms with Crippen molar-refractivity contribution in [1.29, 1.82) is 0 Å². The Labute approximate surface area is 250 Å². The molecule has 2 aromatic heterocycles. The van der Waals surface area contributed by atoms with Crippen molar-refractivity contribution < 1.29 is 21.1 Å². The second-order valence-electron chi connectivity index (χ2n) is 10.2. The number of aryl methyl sites for hydroxylation is 2. The van der Waals surface area contributed by atoms with Crippen LogP contribution in [0.4, 0.5) is 0 Å². The first-order chi connectivity index (χ1) is 19.2. The third kappa shape index (κ3) is 3.98. The Hall–Kier alpha value is -4.13. The summed E-state index contributed by atoms with van der Waals surface area (Å²) < 4.78 is 0. The molecule has 1 spiro atoms. The van der Waals surface area contributed by atoms with Gasteiger partial charge < -0.3 is 0 Å². The van der Waals surface area contributed by atoms with Crippen LogP contribution in [0.5, 0.6) is 0 Å². The van der Waals surface area contributed by atoms with Crippen LogP contribution in [-0.2, 0) is 26.5 Å². The van der Waals surface area contributed by atoms with Gasteiger partial charge in [0, 0.05) is 12.4 Å². The predicted octanol–water partition coefficient (Wildman–Crippen LogP) is 8.39. The van der Waals surface area contributed by atoms with E-state index in [-0.39, 0.29) is 26.5 Å². The van der Waals surface area contributed by atoms with Crippen LogP contribution >= 0.6 is 0 Å². The monoisotopic (exact) mass is 693 g/mol. The van der Waals surface area contributed by atoms with Crippen molar-refractivity contribution in [3.8, 4) is 33.6 Å². The van der Waals surface area contributed by atoms with E-state index in [1.165, 1.54) is 44.5 Å². The molecule has 3 heteroatoms. The Kier molecular flexibility index (Phi) is 6.82. The summed E-state index contributed by atoms with van der Waals surface area (Å²) in [7, 11) is 0. The Bertz CT molecular complexity index is 1620. The molecule has 0 fully saturated rings. The fourth-order valence-corrected chi connectivity index (χ4v) is 6.23. The largest absolute Gasteiger partial charge is 2.00 e. The quantitative estimate of drug-likeness (QED) is 0.162. The first kappa shape index (κ1) is 26.1. The molecule has 0 N–H and O–H groups in total. The van der Waals surface area contributed by atoms with Crippen molar-refractivity contribution in [2.75, 3.05) is 0 Å². The van der Waals surface area contributed by atoms with Crippen LogP contribution in [0, 0.1) is 26.0 Å². The van der Waals surface area contributed by atoms with E-state index < -0.39 is 0 Å². The molecule has 40 heavy (non-hydrogen) atoms. The zero-order valence-electron chi connectivity index (χ0n) is 22.3. The minimum atomic E-state index is -0.305. The number of aromatic nitrogens is 2. The maximum atomic E-state index is 4.70. The molecule has 0 aliphatic heterocycles. The van der Waals surface area contributed by atoms with Crippen molar-refractivity contribution in [3.05, 3.63) is 167 Å². The second-order valence-corrected chi connectivity index (χ2v) is 10.2. The predicted molar refractivity (Wildman–Crippen MR) is 157 cm³/mol. The van der Waals surface area contributed by atoms with Gasteiger partial charge in [-0.25, -0.2) is 11.1 Å². The standard InChI is InChI=1S/C23H14N2.C14H12.Pt/c1-3-9-17-15(7-1)16-8-2-4-10-18(16)23(17)19-11-5-13-24-21(19)22-20(23)12-6-14-25-22;1-11-5-3-7-13(9-11)14-8-4-6-12(2)10-14;/h1-14H;3-6,9-10H,1-2H3;/q;-2;+2. The van der Waals surface area contributed by atoms with Gasteiger partial charge in [0.15, 0.2) is 0 Å². The number of rotatable bonds is 1. The molecule has 0 bridgehead atoms. The molecule has 6 aromatic rings. The third-order valence-corrected chi connectivity index (χ3v) is 7.80. The van der Waals surface area contributed by atoms with Gasteiger partial charge >= 0.3 is 21.1 Å².